The smallest absolute Gasteiger partial charge is 0.267 e. The summed E-state index contributed by atoms with van der Waals surface area (Å²) in [6.07, 6.45) is 26.7. The molecule has 6 heteroatoms. The van der Waals surface area contributed by atoms with E-state index in [0.717, 1.165) is 38.5 Å². The molecule has 0 amide bonds. The van der Waals surface area contributed by atoms with E-state index in [9.17, 15) is 9.46 Å². The summed E-state index contributed by atoms with van der Waals surface area (Å²) in [6, 6.07) is 0. The Hall–Kier alpha value is 0.540. The number of unbranched alkanes of at least 4 members (excludes halogenated alkanes) is 12. The van der Waals surface area contributed by atoms with Gasteiger partial charge in [-0.15, -0.1) is 0 Å². The van der Waals surface area contributed by atoms with Gasteiger partial charge in [0.05, 0.1) is 37.9 Å². The van der Waals surface area contributed by atoms with Crippen LogP contribution in [0.25, 0.3) is 0 Å². The number of rotatable bonds is 25. The minimum atomic E-state index is -4.07. The fourth-order valence-corrected chi connectivity index (χ4v) is 9.75. The van der Waals surface area contributed by atoms with Gasteiger partial charge in [0.2, 0.25) is 0 Å². The molecule has 0 N–H and O–H groups in total. The first-order valence-electron chi connectivity index (χ1n) is 15.3. The average Bonchev–Trinajstić information content (AvgIpc) is 2.85. The molecule has 0 fully saturated rings. The Morgan fingerprint density at radius 2 is 0.886 bits per heavy atom. The van der Waals surface area contributed by atoms with Crippen molar-refractivity contribution in [1.29, 1.82) is 0 Å². The molecule has 0 aliphatic heterocycles. The third-order valence-electron chi connectivity index (χ3n) is 6.84. The van der Waals surface area contributed by atoms with Gasteiger partial charge in [0.15, 0.2) is 0 Å². The summed E-state index contributed by atoms with van der Waals surface area (Å²) < 4.78 is 21.2. The van der Waals surface area contributed by atoms with Gasteiger partial charge in [-0.05, 0) is 39.0 Å². The maximum Gasteiger partial charge on any atom is 0.267 e. The monoisotopic (exact) mass is 538 g/mol. The molecule has 0 rings (SSSR count). The highest BCUT2D eigenvalue weighted by Crippen LogP contribution is 2.60. The van der Waals surface area contributed by atoms with Crippen LogP contribution in [0.2, 0.25) is 0 Å². The molecule has 0 aliphatic carbocycles. The first-order valence-corrected chi connectivity index (χ1v) is 19.3. The summed E-state index contributed by atoms with van der Waals surface area (Å²) in [5.41, 5.74) is 0. The quantitative estimate of drug-likeness (QED) is 0.0857. The SMILES string of the molecule is CCCCCCCCOP(=O)([O-])OCCCCCCCC.CCCC[P+](CC)(CCC)CCCC. The van der Waals surface area contributed by atoms with Gasteiger partial charge >= 0.3 is 0 Å². The zero-order valence-electron chi connectivity index (χ0n) is 24.8. The van der Waals surface area contributed by atoms with Crippen molar-refractivity contribution in [3.05, 3.63) is 0 Å². The molecular weight excluding hydrogens is 474 g/mol. The summed E-state index contributed by atoms with van der Waals surface area (Å²) in [5.74, 6) is 0. The molecule has 35 heavy (non-hydrogen) atoms. The van der Waals surface area contributed by atoms with E-state index in [2.05, 4.69) is 41.5 Å². The first-order chi connectivity index (χ1) is 16.9. The van der Waals surface area contributed by atoms with E-state index >= 15 is 0 Å². The fraction of sp³-hybridized carbons (Fsp3) is 1.00. The highest BCUT2D eigenvalue weighted by Gasteiger charge is 2.32. The molecule has 0 aromatic carbocycles. The largest absolute Gasteiger partial charge is 0.756 e. The Morgan fingerprint density at radius 3 is 1.23 bits per heavy atom. The zero-order valence-corrected chi connectivity index (χ0v) is 26.6. The van der Waals surface area contributed by atoms with Gasteiger partial charge in [-0.2, -0.15) is 0 Å². The van der Waals surface area contributed by atoms with Crippen LogP contribution in [-0.4, -0.2) is 37.9 Å². The molecule has 0 saturated carbocycles. The van der Waals surface area contributed by atoms with Crippen molar-refractivity contribution in [3.63, 3.8) is 0 Å². The van der Waals surface area contributed by atoms with E-state index < -0.39 is 15.1 Å². The van der Waals surface area contributed by atoms with Gasteiger partial charge in [0.1, 0.15) is 0 Å². The predicted molar refractivity (Wildman–Crippen MR) is 158 cm³/mol. The lowest BCUT2D eigenvalue weighted by Crippen LogP contribution is -2.10. The van der Waals surface area contributed by atoms with Gasteiger partial charge in [-0.3, -0.25) is 4.57 Å². The van der Waals surface area contributed by atoms with Crippen molar-refractivity contribution < 1.29 is 18.5 Å². The van der Waals surface area contributed by atoms with E-state index in [-0.39, 0.29) is 13.2 Å². The van der Waals surface area contributed by atoms with Crippen LogP contribution < -0.4 is 4.89 Å². The molecule has 0 unspecified atom stereocenters. The average molecular weight is 539 g/mol. The van der Waals surface area contributed by atoms with Crippen LogP contribution in [0.1, 0.15) is 151 Å². The van der Waals surface area contributed by atoms with Crippen molar-refractivity contribution in [2.75, 3.05) is 37.9 Å². The van der Waals surface area contributed by atoms with Crippen molar-refractivity contribution in [3.8, 4) is 0 Å². The van der Waals surface area contributed by atoms with Crippen LogP contribution in [0.4, 0.5) is 0 Å². The molecular formula is C29H64O4P2. The number of phosphoric acid groups is 1. The summed E-state index contributed by atoms with van der Waals surface area (Å²) in [5, 5.41) is 0. The molecule has 0 aliphatic rings. The standard InChI is InChI=1S/C16H35O4P.C13H30P/c1-3-5-7-9-11-13-15-19-21(17,18)20-16-14-12-10-8-6-4-2;1-5-9-12-14(8-4,11-7-3)13-10-6-2/h3-16H2,1-2H3,(H,17,18);5-13H2,1-4H3/q;+1/p-1. The topological polar surface area (TPSA) is 58.6 Å². The molecule has 214 valence electrons. The van der Waals surface area contributed by atoms with E-state index in [4.69, 9.17) is 9.05 Å². The Bertz CT molecular complexity index is 430. The zero-order chi connectivity index (χ0) is 26.7. The minimum Gasteiger partial charge on any atom is -0.756 e. The molecule has 0 radical (unpaired) electrons. The molecule has 0 saturated heterocycles. The number of hydrogen-bond acceptors (Lipinski definition) is 4. The predicted octanol–water partition coefficient (Wildman–Crippen LogP) is 10.2. The molecule has 0 bridgehead atoms. The Morgan fingerprint density at radius 1 is 0.514 bits per heavy atom. The van der Waals surface area contributed by atoms with Gasteiger partial charge in [-0.25, -0.2) is 0 Å². The van der Waals surface area contributed by atoms with E-state index in [1.165, 1.54) is 76.8 Å². The normalized spacial score (nSPS) is 12.0. The van der Waals surface area contributed by atoms with E-state index in [1.54, 1.807) is 18.5 Å². The van der Waals surface area contributed by atoms with Crippen molar-refractivity contribution >= 4 is 15.1 Å². The third kappa shape index (κ3) is 26.0. The number of hydrogen-bond donors (Lipinski definition) is 0. The van der Waals surface area contributed by atoms with Crippen LogP contribution in [0.15, 0.2) is 0 Å². The second kappa shape index (κ2) is 27.6. The Balaban J connectivity index is 0. The van der Waals surface area contributed by atoms with Gasteiger partial charge in [-0.1, -0.05) is 112 Å². The van der Waals surface area contributed by atoms with E-state index in [1.807, 2.05) is 0 Å². The van der Waals surface area contributed by atoms with Gasteiger partial charge in [0.25, 0.3) is 7.82 Å². The molecule has 0 heterocycles. The van der Waals surface area contributed by atoms with Crippen LogP contribution in [0.5, 0.6) is 0 Å². The second-order valence-corrected chi connectivity index (χ2v) is 16.3. The van der Waals surface area contributed by atoms with Crippen LogP contribution in [0, 0.1) is 0 Å². The van der Waals surface area contributed by atoms with Gasteiger partial charge in [0, 0.05) is 7.26 Å². The molecule has 0 aromatic heterocycles. The van der Waals surface area contributed by atoms with Crippen LogP contribution >= 0.6 is 15.1 Å². The Kier molecular flexibility index (Phi) is 29.7. The molecule has 0 atom stereocenters. The summed E-state index contributed by atoms with van der Waals surface area (Å²) in [4.78, 5) is 11.5. The van der Waals surface area contributed by atoms with Crippen molar-refractivity contribution in [1.82, 2.24) is 0 Å². The van der Waals surface area contributed by atoms with Crippen molar-refractivity contribution in [2.45, 2.75) is 151 Å². The molecule has 4 nitrogen and oxygen atoms in total. The maximum absolute atomic E-state index is 11.5. The lowest BCUT2D eigenvalue weighted by atomic mass is 10.1. The highest BCUT2D eigenvalue weighted by atomic mass is 31.2. The first kappa shape index (κ1) is 37.7. The van der Waals surface area contributed by atoms with Gasteiger partial charge < -0.3 is 13.9 Å². The molecule has 0 spiro atoms. The fourth-order valence-electron chi connectivity index (χ4n) is 4.43. The second-order valence-electron chi connectivity index (χ2n) is 10.2. The minimum absolute atomic E-state index is 0.253. The maximum atomic E-state index is 11.5. The lowest BCUT2D eigenvalue weighted by molar-refractivity contribution is -0.225. The molecule has 0 aromatic rings. The van der Waals surface area contributed by atoms with E-state index in [0.29, 0.717) is 0 Å². The highest BCUT2D eigenvalue weighted by molar-refractivity contribution is 7.75. The third-order valence-corrected chi connectivity index (χ3v) is 13.1. The summed E-state index contributed by atoms with van der Waals surface area (Å²) in [7, 11) is -4.58. The van der Waals surface area contributed by atoms with Crippen LogP contribution in [-0.2, 0) is 13.6 Å². The Labute approximate surface area is 222 Å². The summed E-state index contributed by atoms with van der Waals surface area (Å²) >= 11 is 0. The van der Waals surface area contributed by atoms with Crippen molar-refractivity contribution in [2.24, 2.45) is 0 Å². The summed E-state index contributed by atoms with van der Waals surface area (Å²) in [6.45, 7) is 14.3. The van der Waals surface area contributed by atoms with Crippen LogP contribution in [0.3, 0.4) is 0 Å². The number of phosphoric ester groups is 1. The lowest BCUT2D eigenvalue weighted by Gasteiger charge is -2.26.